The van der Waals surface area contributed by atoms with Crippen LogP contribution in [0.3, 0.4) is 0 Å². The molecule has 90 valence electrons. The van der Waals surface area contributed by atoms with Gasteiger partial charge in [-0.15, -0.1) is 0 Å². The van der Waals surface area contributed by atoms with Gasteiger partial charge >= 0.3 is 0 Å². The molecule has 0 aliphatic heterocycles. The minimum atomic E-state index is -0.191. The maximum Gasteiger partial charge on any atom is 0.242 e. The van der Waals surface area contributed by atoms with Crippen molar-refractivity contribution in [1.82, 2.24) is 25.5 Å². The number of nitrogens with zero attached hydrogens (tertiary/aromatic N) is 4. The zero-order valence-corrected chi connectivity index (χ0v) is 10.1. The number of amides is 1. The second-order valence-electron chi connectivity index (χ2n) is 4.60. The highest BCUT2D eigenvalue weighted by atomic mass is 16.1. The summed E-state index contributed by atoms with van der Waals surface area (Å²) in [6, 6.07) is 0. The number of tetrazole rings is 1. The highest BCUT2D eigenvalue weighted by Crippen LogP contribution is 2.00. The van der Waals surface area contributed by atoms with Crippen LogP contribution in [0.4, 0.5) is 5.95 Å². The van der Waals surface area contributed by atoms with Crippen molar-refractivity contribution < 1.29 is 4.79 Å². The van der Waals surface area contributed by atoms with Gasteiger partial charge in [0.2, 0.25) is 11.9 Å². The molecule has 1 heterocycles. The molecule has 0 bridgehead atoms. The summed E-state index contributed by atoms with van der Waals surface area (Å²) in [6.45, 7) is 6.36. The van der Waals surface area contributed by atoms with Crippen LogP contribution in [0.2, 0.25) is 0 Å². The van der Waals surface area contributed by atoms with Gasteiger partial charge in [-0.25, -0.2) is 4.68 Å². The minimum absolute atomic E-state index is 0.00938. The maximum absolute atomic E-state index is 11.5. The molecule has 0 fully saturated rings. The van der Waals surface area contributed by atoms with Gasteiger partial charge in [-0.05, 0) is 31.2 Å². The smallest absolute Gasteiger partial charge is 0.242 e. The van der Waals surface area contributed by atoms with Crippen LogP contribution in [0, 0.1) is 0 Å². The van der Waals surface area contributed by atoms with E-state index in [1.807, 2.05) is 20.8 Å². The van der Waals surface area contributed by atoms with E-state index in [0.29, 0.717) is 18.9 Å². The summed E-state index contributed by atoms with van der Waals surface area (Å²) in [5, 5.41) is 16.7. The average molecular weight is 226 g/mol. The van der Waals surface area contributed by atoms with Crippen LogP contribution in [-0.4, -0.2) is 38.2 Å². The van der Waals surface area contributed by atoms with Gasteiger partial charge in [-0.2, -0.15) is 0 Å². The molecule has 0 radical (unpaired) electrons. The molecule has 0 aromatic carbocycles. The number of aryl methyl sites for hydroxylation is 1. The molecule has 1 aromatic heterocycles. The van der Waals surface area contributed by atoms with Gasteiger partial charge in [0.1, 0.15) is 0 Å². The number of hydrogen-bond acceptors (Lipinski definition) is 5. The van der Waals surface area contributed by atoms with Crippen molar-refractivity contribution in [3.8, 4) is 0 Å². The zero-order chi connectivity index (χ0) is 12.2. The molecule has 0 saturated heterocycles. The first-order chi connectivity index (χ1) is 7.38. The summed E-state index contributed by atoms with van der Waals surface area (Å²) < 4.78 is 1.52. The minimum Gasteiger partial charge on any atom is -0.353 e. The van der Waals surface area contributed by atoms with Crippen molar-refractivity contribution in [3.63, 3.8) is 0 Å². The molecular formula is C9H18N6O. The standard InChI is InChI=1S/C9H18N6O/c1-9(2,3)11-7(16)5-6-10-8-12-13-14-15(8)4/h5-6H2,1-4H3,(H,11,16)(H,10,12,14). The van der Waals surface area contributed by atoms with Crippen molar-refractivity contribution in [2.75, 3.05) is 11.9 Å². The van der Waals surface area contributed by atoms with Crippen LogP contribution in [0.5, 0.6) is 0 Å². The Bertz CT molecular complexity index is 353. The second kappa shape index (κ2) is 4.91. The largest absolute Gasteiger partial charge is 0.353 e. The molecule has 7 heteroatoms. The fourth-order valence-electron chi connectivity index (χ4n) is 1.15. The Morgan fingerprint density at radius 2 is 2.12 bits per heavy atom. The van der Waals surface area contributed by atoms with Crippen molar-refractivity contribution in [2.45, 2.75) is 32.7 Å². The van der Waals surface area contributed by atoms with E-state index in [1.54, 1.807) is 7.05 Å². The summed E-state index contributed by atoms with van der Waals surface area (Å²) in [5.41, 5.74) is -0.191. The van der Waals surface area contributed by atoms with Crippen molar-refractivity contribution in [2.24, 2.45) is 7.05 Å². The molecule has 16 heavy (non-hydrogen) atoms. The second-order valence-corrected chi connectivity index (χ2v) is 4.60. The lowest BCUT2D eigenvalue weighted by Gasteiger charge is -2.20. The number of hydrogen-bond donors (Lipinski definition) is 2. The summed E-state index contributed by atoms with van der Waals surface area (Å²) in [4.78, 5) is 11.5. The van der Waals surface area contributed by atoms with Crippen molar-refractivity contribution in [1.29, 1.82) is 0 Å². The number of carbonyl (C=O) groups is 1. The van der Waals surface area contributed by atoms with E-state index in [4.69, 9.17) is 0 Å². The van der Waals surface area contributed by atoms with E-state index >= 15 is 0 Å². The van der Waals surface area contributed by atoms with E-state index in [0.717, 1.165) is 0 Å². The average Bonchev–Trinajstić information content (AvgIpc) is 2.48. The summed E-state index contributed by atoms with van der Waals surface area (Å²) in [5.74, 6) is 0.568. The van der Waals surface area contributed by atoms with Crippen molar-refractivity contribution in [3.05, 3.63) is 0 Å². The Morgan fingerprint density at radius 1 is 1.44 bits per heavy atom. The third-order valence-electron chi connectivity index (χ3n) is 1.77. The van der Waals surface area contributed by atoms with Gasteiger partial charge in [-0.1, -0.05) is 5.10 Å². The highest BCUT2D eigenvalue weighted by molar-refractivity contribution is 5.77. The van der Waals surface area contributed by atoms with Gasteiger partial charge in [-0.3, -0.25) is 4.79 Å². The molecule has 1 rings (SSSR count). The fourth-order valence-corrected chi connectivity index (χ4v) is 1.15. The van der Waals surface area contributed by atoms with Gasteiger partial charge in [0.05, 0.1) is 0 Å². The van der Waals surface area contributed by atoms with Crippen LogP contribution in [-0.2, 0) is 11.8 Å². The zero-order valence-electron chi connectivity index (χ0n) is 10.1. The normalized spacial score (nSPS) is 11.2. The van der Waals surface area contributed by atoms with Gasteiger partial charge in [0.25, 0.3) is 0 Å². The quantitative estimate of drug-likeness (QED) is 0.750. The number of nitrogens with one attached hydrogen (secondary N) is 2. The van der Waals surface area contributed by atoms with Gasteiger partial charge in [0.15, 0.2) is 0 Å². The molecular weight excluding hydrogens is 208 g/mol. The predicted octanol–water partition coefficient (Wildman–Crippen LogP) is -0.0732. The van der Waals surface area contributed by atoms with E-state index < -0.39 is 0 Å². The van der Waals surface area contributed by atoms with Crippen LogP contribution in [0.1, 0.15) is 27.2 Å². The van der Waals surface area contributed by atoms with E-state index in [9.17, 15) is 4.79 Å². The number of anilines is 1. The molecule has 0 aliphatic carbocycles. The number of aromatic nitrogens is 4. The summed E-state index contributed by atoms with van der Waals surface area (Å²) >= 11 is 0. The predicted molar refractivity (Wildman–Crippen MR) is 59.8 cm³/mol. The molecule has 7 nitrogen and oxygen atoms in total. The first kappa shape index (κ1) is 12.4. The van der Waals surface area contributed by atoms with Gasteiger partial charge < -0.3 is 10.6 Å². The Morgan fingerprint density at radius 3 is 2.62 bits per heavy atom. The summed E-state index contributed by atoms with van der Waals surface area (Å²) in [7, 11) is 1.73. The SMILES string of the molecule is Cn1nnnc1NCCC(=O)NC(C)(C)C. The third kappa shape index (κ3) is 4.24. The first-order valence-electron chi connectivity index (χ1n) is 5.16. The Labute approximate surface area is 94.6 Å². The third-order valence-corrected chi connectivity index (χ3v) is 1.77. The monoisotopic (exact) mass is 226 g/mol. The maximum atomic E-state index is 11.5. The lowest BCUT2D eigenvalue weighted by atomic mass is 10.1. The lowest BCUT2D eigenvalue weighted by molar-refractivity contribution is -0.122. The van der Waals surface area contributed by atoms with Gasteiger partial charge in [0, 0.05) is 25.6 Å². The topological polar surface area (TPSA) is 84.7 Å². The molecule has 0 aliphatic rings. The number of carbonyl (C=O) groups excluding carboxylic acids is 1. The van der Waals surface area contributed by atoms with Crippen LogP contribution in [0.15, 0.2) is 0 Å². The molecule has 0 unspecified atom stereocenters. The molecule has 1 aromatic rings. The van der Waals surface area contributed by atoms with E-state index in [-0.39, 0.29) is 11.4 Å². The molecule has 2 N–H and O–H groups in total. The molecule has 1 amide bonds. The lowest BCUT2D eigenvalue weighted by Crippen LogP contribution is -2.41. The summed E-state index contributed by atoms with van der Waals surface area (Å²) in [6.07, 6.45) is 0.393. The van der Waals surface area contributed by atoms with Crippen LogP contribution < -0.4 is 10.6 Å². The first-order valence-corrected chi connectivity index (χ1v) is 5.16. The highest BCUT2D eigenvalue weighted by Gasteiger charge is 2.13. The van der Waals surface area contributed by atoms with Crippen molar-refractivity contribution >= 4 is 11.9 Å². The van der Waals surface area contributed by atoms with Crippen LogP contribution >= 0.6 is 0 Å². The number of rotatable bonds is 4. The van der Waals surface area contributed by atoms with E-state index in [1.165, 1.54) is 4.68 Å². The fraction of sp³-hybridized carbons (Fsp3) is 0.778. The molecule has 0 saturated carbocycles. The molecule has 0 spiro atoms. The van der Waals surface area contributed by atoms with Crippen LogP contribution in [0.25, 0.3) is 0 Å². The Hall–Kier alpha value is -1.66. The Balaban J connectivity index is 2.26. The van der Waals surface area contributed by atoms with E-state index in [2.05, 4.69) is 26.2 Å². The molecule has 0 atom stereocenters. The Kier molecular flexibility index (Phi) is 3.81.